The summed E-state index contributed by atoms with van der Waals surface area (Å²) in [4.78, 5) is 0. The fourth-order valence-corrected chi connectivity index (χ4v) is 3.13. The molecule has 11 heavy (non-hydrogen) atoms. The van der Waals surface area contributed by atoms with Crippen molar-refractivity contribution in [2.75, 3.05) is 19.8 Å². The van der Waals surface area contributed by atoms with Crippen LogP contribution in [-0.4, -0.2) is 35.2 Å². The molecule has 64 valence electrons. The number of epoxide rings is 1. The van der Waals surface area contributed by atoms with Crippen molar-refractivity contribution in [2.45, 2.75) is 25.0 Å². The summed E-state index contributed by atoms with van der Waals surface area (Å²) in [5, 5.41) is 0. The largest absolute Gasteiger partial charge is 0.397 e. The molecular weight excluding hydrogens is 160 g/mol. The van der Waals surface area contributed by atoms with Gasteiger partial charge in [-0.25, -0.2) is 0 Å². The van der Waals surface area contributed by atoms with Gasteiger partial charge in [0.25, 0.3) is 0 Å². The van der Waals surface area contributed by atoms with E-state index in [1.807, 2.05) is 0 Å². The van der Waals surface area contributed by atoms with Crippen molar-refractivity contribution >= 4 is 9.28 Å². The van der Waals surface area contributed by atoms with E-state index in [9.17, 15) is 0 Å². The lowest BCUT2D eigenvalue weighted by Gasteiger charge is -2.20. The van der Waals surface area contributed by atoms with Gasteiger partial charge in [0.15, 0.2) is 0 Å². The first-order valence-electron chi connectivity index (χ1n) is 4.30. The van der Waals surface area contributed by atoms with Crippen molar-refractivity contribution in [1.29, 1.82) is 0 Å². The van der Waals surface area contributed by atoms with Gasteiger partial charge in [-0.05, 0) is 18.9 Å². The first-order valence-corrected chi connectivity index (χ1v) is 6.06. The Morgan fingerprint density at radius 3 is 3.00 bits per heavy atom. The van der Waals surface area contributed by atoms with Crippen LogP contribution in [0.4, 0.5) is 0 Å². The molecule has 2 aliphatic heterocycles. The highest BCUT2D eigenvalue weighted by Gasteiger charge is 2.26. The molecule has 0 aliphatic carbocycles. The quantitative estimate of drug-likeness (QED) is 0.459. The number of rotatable bonds is 3. The van der Waals surface area contributed by atoms with Crippen LogP contribution in [0.2, 0.25) is 6.04 Å². The van der Waals surface area contributed by atoms with E-state index in [0.29, 0.717) is 6.10 Å². The molecule has 0 radical (unpaired) electrons. The first kappa shape index (κ1) is 7.73. The average Bonchev–Trinajstić information content (AvgIpc) is 2.86. The Morgan fingerprint density at radius 1 is 1.45 bits per heavy atom. The van der Waals surface area contributed by atoms with Gasteiger partial charge in [-0.2, -0.15) is 0 Å². The van der Waals surface area contributed by atoms with Crippen LogP contribution < -0.4 is 0 Å². The monoisotopic (exact) mass is 174 g/mol. The Balaban J connectivity index is 1.59. The summed E-state index contributed by atoms with van der Waals surface area (Å²) in [5.41, 5.74) is 0. The van der Waals surface area contributed by atoms with E-state index >= 15 is 0 Å². The zero-order valence-electron chi connectivity index (χ0n) is 6.62. The smallest absolute Gasteiger partial charge is 0.321 e. The van der Waals surface area contributed by atoms with Gasteiger partial charge in [0.2, 0.25) is 0 Å². The lowest BCUT2D eigenvalue weighted by Crippen LogP contribution is -2.28. The number of hydrogen-bond donors (Lipinski definition) is 0. The molecule has 0 aromatic rings. The molecule has 2 unspecified atom stereocenters. The topological polar surface area (TPSA) is 31.0 Å². The Hall–Kier alpha value is 0.0969. The molecule has 3 nitrogen and oxygen atoms in total. The maximum Gasteiger partial charge on any atom is 0.321 e. The zero-order chi connectivity index (χ0) is 7.52. The number of ether oxygens (including phenoxy) is 1. The second-order valence-corrected chi connectivity index (χ2v) is 5.19. The predicted molar refractivity (Wildman–Crippen MR) is 42.8 cm³/mol. The normalized spacial score (nSPS) is 37.1. The SMILES string of the molecule is C1CC[SiH](OCC2CO2)OC1. The molecule has 4 heteroatoms. The minimum atomic E-state index is -1.22. The van der Waals surface area contributed by atoms with Crippen molar-refractivity contribution in [3.05, 3.63) is 0 Å². The lowest BCUT2D eigenvalue weighted by atomic mass is 10.4. The third kappa shape index (κ3) is 2.55. The Bertz CT molecular complexity index is 121. The molecule has 0 amide bonds. The summed E-state index contributed by atoms with van der Waals surface area (Å²) in [7, 11) is -1.22. The summed E-state index contributed by atoms with van der Waals surface area (Å²) in [6.45, 7) is 2.58. The fraction of sp³-hybridized carbons (Fsp3) is 1.00. The maximum atomic E-state index is 5.60. The molecular formula is C7H14O3Si. The van der Waals surface area contributed by atoms with E-state index in [1.165, 1.54) is 18.9 Å². The fourth-order valence-electron chi connectivity index (χ4n) is 1.22. The van der Waals surface area contributed by atoms with Gasteiger partial charge in [-0.15, -0.1) is 0 Å². The van der Waals surface area contributed by atoms with E-state index in [2.05, 4.69) is 0 Å². The molecule has 0 aromatic carbocycles. The molecule has 0 bridgehead atoms. The van der Waals surface area contributed by atoms with Crippen LogP contribution in [0.1, 0.15) is 12.8 Å². The highest BCUT2D eigenvalue weighted by atomic mass is 28.3. The Kier molecular flexibility index (Phi) is 2.58. The first-order chi connectivity index (χ1) is 5.45. The highest BCUT2D eigenvalue weighted by Crippen LogP contribution is 2.14. The lowest BCUT2D eigenvalue weighted by molar-refractivity contribution is 0.164. The molecule has 2 saturated heterocycles. The summed E-state index contributed by atoms with van der Waals surface area (Å²) < 4.78 is 16.2. The molecule has 0 saturated carbocycles. The van der Waals surface area contributed by atoms with Crippen molar-refractivity contribution in [3.8, 4) is 0 Å². The minimum absolute atomic E-state index is 0.396. The Morgan fingerprint density at radius 2 is 2.36 bits per heavy atom. The van der Waals surface area contributed by atoms with E-state index < -0.39 is 9.28 Å². The van der Waals surface area contributed by atoms with Gasteiger partial charge in [0.05, 0.1) is 13.2 Å². The third-order valence-electron chi connectivity index (χ3n) is 2.01. The van der Waals surface area contributed by atoms with Crippen LogP contribution in [0.3, 0.4) is 0 Å². The molecule has 2 aliphatic rings. The van der Waals surface area contributed by atoms with Gasteiger partial charge in [0.1, 0.15) is 6.10 Å². The van der Waals surface area contributed by atoms with Crippen LogP contribution in [0.25, 0.3) is 0 Å². The predicted octanol–water partition coefficient (Wildman–Crippen LogP) is 0.433. The van der Waals surface area contributed by atoms with Gasteiger partial charge < -0.3 is 13.6 Å². The molecule has 2 rings (SSSR count). The molecule has 0 N–H and O–H groups in total. The van der Waals surface area contributed by atoms with Gasteiger partial charge in [-0.3, -0.25) is 0 Å². The molecule has 2 atom stereocenters. The van der Waals surface area contributed by atoms with E-state index in [0.717, 1.165) is 19.8 Å². The van der Waals surface area contributed by atoms with Crippen molar-refractivity contribution in [2.24, 2.45) is 0 Å². The summed E-state index contributed by atoms with van der Waals surface area (Å²) >= 11 is 0. The van der Waals surface area contributed by atoms with E-state index in [1.54, 1.807) is 0 Å². The van der Waals surface area contributed by atoms with Crippen molar-refractivity contribution in [1.82, 2.24) is 0 Å². The molecule has 0 spiro atoms. The zero-order valence-corrected chi connectivity index (χ0v) is 7.78. The maximum absolute atomic E-state index is 5.60. The van der Waals surface area contributed by atoms with Gasteiger partial charge in [0, 0.05) is 6.61 Å². The molecule has 2 fully saturated rings. The van der Waals surface area contributed by atoms with Crippen LogP contribution in [-0.2, 0) is 13.6 Å². The van der Waals surface area contributed by atoms with Crippen molar-refractivity contribution in [3.63, 3.8) is 0 Å². The Labute approximate surface area is 68.5 Å². The van der Waals surface area contributed by atoms with Crippen LogP contribution in [0.5, 0.6) is 0 Å². The second kappa shape index (κ2) is 3.67. The molecule has 2 heterocycles. The standard InChI is InChI=1S/C7H14O3Si/c1-2-4-11(9-3-1)10-6-7-5-8-7/h7,11H,1-6H2. The average molecular weight is 174 g/mol. The summed E-state index contributed by atoms with van der Waals surface area (Å²) in [6, 6.07) is 1.19. The summed E-state index contributed by atoms with van der Waals surface area (Å²) in [5.74, 6) is 0. The molecule has 0 aromatic heterocycles. The van der Waals surface area contributed by atoms with Gasteiger partial charge >= 0.3 is 9.28 Å². The van der Waals surface area contributed by atoms with Crippen molar-refractivity contribution < 1.29 is 13.6 Å². The number of hydrogen-bond acceptors (Lipinski definition) is 3. The second-order valence-electron chi connectivity index (χ2n) is 3.08. The van der Waals surface area contributed by atoms with Gasteiger partial charge in [-0.1, -0.05) is 0 Å². The third-order valence-corrected chi connectivity index (χ3v) is 4.06. The minimum Gasteiger partial charge on any atom is -0.397 e. The van der Waals surface area contributed by atoms with Crippen LogP contribution in [0.15, 0.2) is 0 Å². The van der Waals surface area contributed by atoms with Crippen LogP contribution >= 0.6 is 0 Å². The highest BCUT2D eigenvalue weighted by molar-refractivity contribution is 6.44. The summed E-state index contributed by atoms with van der Waals surface area (Å²) in [6.07, 6.45) is 2.91. The van der Waals surface area contributed by atoms with E-state index in [4.69, 9.17) is 13.6 Å². The van der Waals surface area contributed by atoms with E-state index in [-0.39, 0.29) is 0 Å². The van der Waals surface area contributed by atoms with Crippen LogP contribution in [0, 0.1) is 0 Å².